The lowest BCUT2D eigenvalue weighted by atomic mass is 10.0. The first-order chi connectivity index (χ1) is 9.62. The van der Waals surface area contributed by atoms with Crippen LogP contribution in [-0.4, -0.2) is 46.4 Å². The third-order valence-electron chi connectivity index (χ3n) is 3.42. The highest BCUT2D eigenvalue weighted by Crippen LogP contribution is 2.39. The predicted octanol–water partition coefficient (Wildman–Crippen LogP) is 2.05. The molecule has 0 bridgehead atoms. The van der Waals surface area contributed by atoms with Gasteiger partial charge in [-0.25, -0.2) is 0 Å². The first-order valence-electron chi connectivity index (χ1n) is 6.83. The van der Waals surface area contributed by atoms with Gasteiger partial charge < -0.3 is 19.9 Å². The first kappa shape index (κ1) is 16.6. The molecule has 1 rings (SSSR count). The minimum absolute atomic E-state index is 0.0470. The molecule has 20 heavy (non-hydrogen) atoms. The molecule has 0 amide bonds. The van der Waals surface area contributed by atoms with Crippen molar-refractivity contribution in [2.75, 3.05) is 41.5 Å². The second kappa shape index (κ2) is 7.97. The molecule has 1 aromatic rings. The van der Waals surface area contributed by atoms with Crippen molar-refractivity contribution in [3.8, 4) is 17.2 Å². The normalized spacial score (nSPS) is 12.3. The number of benzene rings is 1. The van der Waals surface area contributed by atoms with Crippen LogP contribution in [-0.2, 0) is 0 Å². The molecule has 0 aromatic heterocycles. The zero-order valence-electron chi connectivity index (χ0n) is 13.1. The molecule has 0 heterocycles. The lowest BCUT2D eigenvalue weighted by Gasteiger charge is -2.29. The monoisotopic (exact) mass is 282 g/mol. The molecule has 0 aliphatic heterocycles. The average molecular weight is 282 g/mol. The van der Waals surface area contributed by atoms with Crippen molar-refractivity contribution in [2.24, 2.45) is 5.73 Å². The highest BCUT2D eigenvalue weighted by atomic mass is 16.5. The van der Waals surface area contributed by atoms with E-state index in [0.29, 0.717) is 12.3 Å². The van der Waals surface area contributed by atoms with Crippen molar-refractivity contribution in [2.45, 2.75) is 19.4 Å². The van der Waals surface area contributed by atoms with E-state index in [4.69, 9.17) is 19.9 Å². The van der Waals surface area contributed by atoms with Crippen molar-refractivity contribution < 1.29 is 14.2 Å². The van der Waals surface area contributed by atoms with Crippen LogP contribution in [0.25, 0.3) is 0 Å². The van der Waals surface area contributed by atoms with E-state index in [1.54, 1.807) is 21.3 Å². The third kappa shape index (κ3) is 3.55. The molecule has 0 aliphatic rings. The van der Waals surface area contributed by atoms with E-state index in [9.17, 15) is 0 Å². The van der Waals surface area contributed by atoms with Crippen LogP contribution in [0.1, 0.15) is 24.9 Å². The molecule has 5 nitrogen and oxygen atoms in total. The standard InChI is InChI=1S/C15H26N2O3/c1-6-7-17(2)12(10-16)15-13(19-4)8-11(18-3)9-14(15)20-5/h8-9,12H,6-7,10,16H2,1-5H3. The van der Waals surface area contributed by atoms with Gasteiger partial charge in [0.2, 0.25) is 0 Å². The molecular weight excluding hydrogens is 256 g/mol. The number of nitrogens with two attached hydrogens (primary N) is 1. The molecule has 0 spiro atoms. The van der Waals surface area contributed by atoms with E-state index in [1.807, 2.05) is 12.1 Å². The summed E-state index contributed by atoms with van der Waals surface area (Å²) in [6, 6.07) is 3.77. The summed E-state index contributed by atoms with van der Waals surface area (Å²) in [7, 11) is 6.97. The van der Waals surface area contributed by atoms with E-state index in [2.05, 4.69) is 18.9 Å². The van der Waals surface area contributed by atoms with Crippen LogP contribution < -0.4 is 19.9 Å². The number of hydrogen-bond donors (Lipinski definition) is 1. The van der Waals surface area contributed by atoms with Crippen LogP contribution in [0.3, 0.4) is 0 Å². The smallest absolute Gasteiger partial charge is 0.131 e. The molecule has 1 aromatic carbocycles. The molecule has 0 fully saturated rings. The topological polar surface area (TPSA) is 57.0 Å². The average Bonchev–Trinajstić information content (AvgIpc) is 2.48. The SMILES string of the molecule is CCCN(C)C(CN)c1c(OC)cc(OC)cc1OC. The Morgan fingerprint density at radius 1 is 1.10 bits per heavy atom. The molecule has 0 saturated heterocycles. The fourth-order valence-electron chi connectivity index (χ4n) is 2.39. The Morgan fingerprint density at radius 2 is 1.65 bits per heavy atom. The Morgan fingerprint density at radius 3 is 2.00 bits per heavy atom. The van der Waals surface area contributed by atoms with Crippen LogP contribution in [0.15, 0.2) is 12.1 Å². The predicted molar refractivity (Wildman–Crippen MR) is 80.8 cm³/mol. The molecule has 114 valence electrons. The molecule has 1 unspecified atom stereocenters. The Bertz CT molecular complexity index is 399. The lowest BCUT2D eigenvalue weighted by Crippen LogP contribution is -2.31. The van der Waals surface area contributed by atoms with Gasteiger partial charge in [-0.15, -0.1) is 0 Å². The zero-order chi connectivity index (χ0) is 15.1. The fraction of sp³-hybridized carbons (Fsp3) is 0.600. The Hall–Kier alpha value is -1.46. The maximum Gasteiger partial charge on any atom is 0.131 e. The fourth-order valence-corrected chi connectivity index (χ4v) is 2.39. The Balaban J connectivity index is 3.31. The molecule has 0 radical (unpaired) electrons. The molecular formula is C15H26N2O3. The number of rotatable bonds is 8. The van der Waals surface area contributed by atoms with Crippen LogP contribution in [0.4, 0.5) is 0 Å². The summed E-state index contributed by atoms with van der Waals surface area (Å²) >= 11 is 0. The van der Waals surface area contributed by atoms with Gasteiger partial charge in [-0.1, -0.05) is 6.92 Å². The second-order valence-corrected chi connectivity index (χ2v) is 4.68. The van der Waals surface area contributed by atoms with E-state index < -0.39 is 0 Å². The van der Waals surface area contributed by atoms with E-state index >= 15 is 0 Å². The van der Waals surface area contributed by atoms with Gasteiger partial charge in [0.05, 0.1) is 32.9 Å². The highest BCUT2D eigenvalue weighted by Gasteiger charge is 2.24. The summed E-state index contributed by atoms with van der Waals surface area (Å²) in [5, 5.41) is 0. The van der Waals surface area contributed by atoms with Gasteiger partial charge in [0.15, 0.2) is 0 Å². The van der Waals surface area contributed by atoms with Crippen molar-refractivity contribution >= 4 is 0 Å². The molecule has 1 atom stereocenters. The summed E-state index contributed by atoms with van der Waals surface area (Å²) in [4.78, 5) is 2.22. The summed E-state index contributed by atoms with van der Waals surface area (Å²) in [5.74, 6) is 2.18. The van der Waals surface area contributed by atoms with Crippen LogP contribution in [0.5, 0.6) is 17.2 Å². The zero-order valence-corrected chi connectivity index (χ0v) is 13.1. The van der Waals surface area contributed by atoms with Crippen molar-refractivity contribution in [1.29, 1.82) is 0 Å². The van der Waals surface area contributed by atoms with E-state index in [-0.39, 0.29) is 6.04 Å². The maximum absolute atomic E-state index is 5.97. The van der Waals surface area contributed by atoms with Gasteiger partial charge in [0.25, 0.3) is 0 Å². The van der Waals surface area contributed by atoms with Gasteiger partial charge >= 0.3 is 0 Å². The number of methoxy groups -OCH3 is 3. The van der Waals surface area contributed by atoms with Gasteiger partial charge in [-0.2, -0.15) is 0 Å². The van der Waals surface area contributed by atoms with E-state index in [0.717, 1.165) is 30.0 Å². The number of ether oxygens (including phenoxy) is 3. The summed E-state index contributed by atoms with van der Waals surface area (Å²) in [6.07, 6.45) is 1.06. The van der Waals surface area contributed by atoms with E-state index in [1.165, 1.54) is 0 Å². The molecule has 5 heteroatoms. The van der Waals surface area contributed by atoms with Crippen molar-refractivity contribution in [3.05, 3.63) is 17.7 Å². The maximum atomic E-state index is 5.97. The minimum Gasteiger partial charge on any atom is -0.496 e. The second-order valence-electron chi connectivity index (χ2n) is 4.68. The molecule has 0 aliphatic carbocycles. The number of likely N-dealkylation sites (N-methyl/N-ethyl adjacent to an activating group) is 1. The van der Waals surface area contributed by atoms with Crippen LogP contribution >= 0.6 is 0 Å². The van der Waals surface area contributed by atoms with Gasteiger partial charge in [-0.3, -0.25) is 4.90 Å². The minimum atomic E-state index is 0.0470. The summed E-state index contributed by atoms with van der Waals surface area (Å²) in [5.41, 5.74) is 6.94. The molecule has 0 saturated carbocycles. The van der Waals surface area contributed by atoms with Crippen molar-refractivity contribution in [1.82, 2.24) is 4.90 Å². The number of nitrogens with zero attached hydrogens (tertiary/aromatic N) is 1. The van der Waals surface area contributed by atoms with Gasteiger partial charge in [-0.05, 0) is 20.0 Å². The van der Waals surface area contributed by atoms with Gasteiger partial charge in [0, 0.05) is 18.7 Å². The van der Waals surface area contributed by atoms with Crippen LogP contribution in [0.2, 0.25) is 0 Å². The Labute approximate surface area is 121 Å². The third-order valence-corrected chi connectivity index (χ3v) is 3.42. The van der Waals surface area contributed by atoms with Crippen LogP contribution in [0, 0.1) is 0 Å². The summed E-state index contributed by atoms with van der Waals surface area (Å²) < 4.78 is 16.3. The lowest BCUT2D eigenvalue weighted by molar-refractivity contribution is 0.237. The summed E-state index contributed by atoms with van der Waals surface area (Å²) in [6.45, 7) is 3.60. The Kier molecular flexibility index (Phi) is 6.61. The first-order valence-corrected chi connectivity index (χ1v) is 6.83. The highest BCUT2D eigenvalue weighted by molar-refractivity contribution is 5.52. The quantitative estimate of drug-likeness (QED) is 0.791. The molecule has 2 N–H and O–H groups in total. The number of hydrogen-bond acceptors (Lipinski definition) is 5. The van der Waals surface area contributed by atoms with Gasteiger partial charge in [0.1, 0.15) is 17.2 Å². The largest absolute Gasteiger partial charge is 0.496 e. The van der Waals surface area contributed by atoms with Crippen molar-refractivity contribution in [3.63, 3.8) is 0 Å².